The number of rotatable bonds is 3. The molecule has 4 N–H and O–H groups in total. The Bertz CT molecular complexity index is 422. The monoisotopic (exact) mass is 290 g/mol. The minimum atomic E-state index is -0.374. The van der Waals surface area contributed by atoms with Crippen molar-refractivity contribution >= 4 is 36.5 Å². The first-order valence-corrected chi connectivity index (χ1v) is 5.68. The van der Waals surface area contributed by atoms with Gasteiger partial charge in [0.1, 0.15) is 5.66 Å². The normalized spacial score (nSPS) is 20.7. The lowest BCUT2D eigenvalue weighted by atomic mass is 9.94. The van der Waals surface area contributed by atoms with E-state index in [0.717, 1.165) is 24.2 Å². The van der Waals surface area contributed by atoms with Crippen molar-refractivity contribution in [3.05, 3.63) is 29.8 Å². The fourth-order valence-electron chi connectivity index (χ4n) is 2.21. The zero-order chi connectivity index (χ0) is 11.6. The lowest BCUT2D eigenvalue weighted by molar-refractivity contribution is 0.342. The lowest BCUT2D eigenvalue weighted by Gasteiger charge is -2.35. The number of nitrogens with two attached hydrogens (primary N) is 1. The van der Waals surface area contributed by atoms with Gasteiger partial charge in [0.25, 0.3) is 0 Å². The van der Waals surface area contributed by atoms with Gasteiger partial charge >= 0.3 is 0 Å². The summed E-state index contributed by atoms with van der Waals surface area (Å²) >= 11 is 0. The van der Waals surface area contributed by atoms with Crippen LogP contribution in [0.2, 0.25) is 0 Å². The molecule has 6 heteroatoms. The van der Waals surface area contributed by atoms with E-state index in [1.165, 1.54) is 0 Å². The molecular formula is C12H20Cl2N4. The van der Waals surface area contributed by atoms with Crippen molar-refractivity contribution in [1.82, 2.24) is 5.32 Å². The Balaban J connectivity index is 0.00000144. The second kappa shape index (κ2) is 6.83. The van der Waals surface area contributed by atoms with Crippen LogP contribution in [0.25, 0.3) is 0 Å². The Hall–Kier alpha value is -0.970. The Morgan fingerprint density at radius 1 is 1.28 bits per heavy atom. The van der Waals surface area contributed by atoms with Gasteiger partial charge in [-0.3, -0.25) is 5.32 Å². The van der Waals surface area contributed by atoms with Crippen LogP contribution in [0.5, 0.6) is 0 Å². The number of hydrogen-bond acceptors (Lipinski definition) is 4. The molecular weight excluding hydrogens is 271 g/mol. The first kappa shape index (κ1) is 17.0. The van der Waals surface area contributed by atoms with Gasteiger partial charge in [-0.15, -0.1) is 24.8 Å². The number of aliphatic imine (C=N–C) groups is 1. The molecule has 0 amide bonds. The maximum Gasteiger partial charge on any atom is 0.195 e. The summed E-state index contributed by atoms with van der Waals surface area (Å²) in [5.74, 6) is 0.474. The smallest absolute Gasteiger partial charge is 0.195 e. The van der Waals surface area contributed by atoms with E-state index in [1.54, 1.807) is 0 Å². The molecule has 0 aliphatic carbocycles. The molecule has 1 heterocycles. The van der Waals surface area contributed by atoms with E-state index in [9.17, 15) is 0 Å². The molecule has 0 spiro atoms. The van der Waals surface area contributed by atoms with E-state index in [2.05, 4.69) is 35.5 Å². The first-order valence-electron chi connectivity index (χ1n) is 5.68. The molecule has 1 aliphatic heterocycles. The number of hydrogen-bond donors (Lipinski definition) is 3. The number of para-hydroxylation sites is 1. The molecule has 1 aromatic carbocycles. The van der Waals surface area contributed by atoms with E-state index in [0.29, 0.717) is 5.96 Å². The Labute approximate surface area is 120 Å². The van der Waals surface area contributed by atoms with Crippen molar-refractivity contribution in [3.63, 3.8) is 0 Å². The van der Waals surface area contributed by atoms with Crippen molar-refractivity contribution < 1.29 is 0 Å². The van der Waals surface area contributed by atoms with E-state index in [4.69, 9.17) is 5.73 Å². The van der Waals surface area contributed by atoms with E-state index in [-0.39, 0.29) is 30.5 Å². The molecule has 0 saturated heterocycles. The Kier molecular flexibility index (Phi) is 6.46. The lowest BCUT2D eigenvalue weighted by Crippen LogP contribution is -2.46. The number of halogens is 2. The molecule has 18 heavy (non-hydrogen) atoms. The summed E-state index contributed by atoms with van der Waals surface area (Å²) in [5, 5.41) is 6.52. The summed E-state index contributed by atoms with van der Waals surface area (Å²) in [4.78, 5) is 4.54. The highest BCUT2D eigenvalue weighted by atomic mass is 35.5. The number of anilines is 1. The van der Waals surface area contributed by atoms with Crippen molar-refractivity contribution in [2.24, 2.45) is 10.7 Å². The largest absolute Gasteiger partial charge is 0.370 e. The maximum atomic E-state index is 5.83. The number of guanidine groups is 1. The highest BCUT2D eigenvalue weighted by Crippen LogP contribution is 2.35. The quantitative estimate of drug-likeness (QED) is 0.801. The van der Waals surface area contributed by atoms with Crippen molar-refractivity contribution in [2.45, 2.75) is 25.9 Å². The zero-order valence-electron chi connectivity index (χ0n) is 10.6. The number of benzene rings is 1. The molecule has 0 radical (unpaired) electrons. The third kappa shape index (κ3) is 2.88. The van der Waals surface area contributed by atoms with Gasteiger partial charge in [0, 0.05) is 11.3 Å². The average Bonchev–Trinajstić information content (AvgIpc) is 2.29. The van der Waals surface area contributed by atoms with Crippen LogP contribution in [0.15, 0.2) is 29.3 Å². The third-order valence-electron chi connectivity index (χ3n) is 2.93. The zero-order valence-corrected chi connectivity index (χ0v) is 12.2. The summed E-state index contributed by atoms with van der Waals surface area (Å²) < 4.78 is 0. The van der Waals surface area contributed by atoms with Gasteiger partial charge in [-0.25, -0.2) is 4.99 Å². The molecule has 4 nitrogen and oxygen atoms in total. The molecule has 1 unspecified atom stereocenters. The van der Waals surface area contributed by atoms with E-state index < -0.39 is 0 Å². The summed E-state index contributed by atoms with van der Waals surface area (Å²) in [6.07, 6.45) is 0.875. The van der Waals surface area contributed by atoms with Gasteiger partial charge in [-0.05, 0) is 19.0 Å². The molecule has 0 bridgehead atoms. The van der Waals surface area contributed by atoms with Gasteiger partial charge < -0.3 is 11.1 Å². The summed E-state index contributed by atoms with van der Waals surface area (Å²) in [7, 11) is 0. The van der Waals surface area contributed by atoms with E-state index >= 15 is 0 Å². The molecule has 0 fully saturated rings. The van der Waals surface area contributed by atoms with Gasteiger partial charge in [0.2, 0.25) is 0 Å². The molecule has 1 aromatic rings. The van der Waals surface area contributed by atoms with Crippen LogP contribution in [-0.2, 0) is 5.66 Å². The van der Waals surface area contributed by atoms with Gasteiger partial charge in [0.15, 0.2) is 5.96 Å². The van der Waals surface area contributed by atoms with Crippen molar-refractivity contribution in [1.29, 1.82) is 0 Å². The minimum absolute atomic E-state index is 0. The van der Waals surface area contributed by atoms with Crippen molar-refractivity contribution in [2.75, 3.05) is 11.9 Å². The van der Waals surface area contributed by atoms with Crippen LogP contribution in [0.4, 0.5) is 5.69 Å². The van der Waals surface area contributed by atoms with E-state index in [1.807, 2.05) is 18.2 Å². The molecule has 2 rings (SSSR count). The summed E-state index contributed by atoms with van der Waals surface area (Å²) in [6.45, 7) is 5.05. The SMILES string of the molecule is CCNC1(CC)N=C(N)Nc2ccccc21.Cl.Cl. The van der Waals surface area contributed by atoms with Gasteiger partial charge in [-0.1, -0.05) is 32.0 Å². The van der Waals surface area contributed by atoms with Crippen LogP contribution in [0.1, 0.15) is 25.8 Å². The second-order valence-corrected chi connectivity index (χ2v) is 3.91. The maximum absolute atomic E-state index is 5.83. The summed E-state index contributed by atoms with van der Waals surface area (Å²) in [5.41, 5.74) is 7.66. The predicted molar refractivity (Wildman–Crippen MR) is 81.8 cm³/mol. The fraction of sp³-hybridized carbons (Fsp3) is 0.417. The van der Waals surface area contributed by atoms with Crippen LogP contribution in [-0.4, -0.2) is 12.5 Å². The second-order valence-electron chi connectivity index (χ2n) is 3.91. The van der Waals surface area contributed by atoms with Crippen LogP contribution in [0, 0.1) is 0 Å². The highest BCUT2D eigenvalue weighted by molar-refractivity contribution is 5.95. The number of nitrogens with one attached hydrogen (secondary N) is 2. The van der Waals surface area contributed by atoms with Gasteiger partial charge in [0.05, 0.1) is 0 Å². The Morgan fingerprint density at radius 3 is 2.56 bits per heavy atom. The fourth-order valence-corrected chi connectivity index (χ4v) is 2.21. The van der Waals surface area contributed by atoms with Crippen LogP contribution in [0.3, 0.4) is 0 Å². The molecule has 1 atom stereocenters. The molecule has 1 aliphatic rings. The molecule has 102 valence electrons. The summed E-state index contributed by atoms with van der Waals surface area (Å²) in [6, 6.07) is 8.14. The number of fused-ring (bicyclic) bond motifs is 1. The van der Waals surface area contributed by atoms with Crippen LogP contribution < -0.4 is 16.4 Å². The predicted octanol–water partition coefficient (Wildman–Crippen LogP) is 2.44. The average molecular weight is 291 g/mol. The topological polar surface area (TPSA) is 62.4 Å². The minimum Gasteiger partial charge on any atom is -0.370 e. The number of nitrogens with zero attached hydrogens (tertiary/aromatic N) is 1. The third-order valence-corrected chi connectivity index (χ3v) is 2.93. The molecule has 0 saturated carbocycles. The highest BCUT2D eigenvalue weighted by Gasteiger charge is 2.34. The van der Waals surface area contributed by atoms with Crippen molar-refractivity contribution in [3.8, 4) is 0 Å². The standard InChI is InChI=1S/C12H18N4.2ClH/c1-3-12(14-4-2)9-7-5-6-8-10(9)15-11(13)16-12;;/h5-8,14H,3-4H2,1-2H3,(H3,13,15,16);2*1H. The van der Waals surface area contributed by atoms with Crippen LogP contribution >= 0.6 is 24.8 Å². The molecule has 0 aromatic heterocycles. The first-order chi connectivity index (χ1) is 7.72. The Morgan fingerprint density at radius 2 is 1.94 bits per heavy atom. The van der Waals surface area contributed by atoms with Gasteiger partial charge in [-0.2, -0.15) is 0 Å².